The first-order valence-corrected chi connectivity index (χ1v) is 6.98. The molecule has 80 valence electrons. The van der Waals surface area contributed by atoms with Gasteiger partial charge in [0.05, 0.1) is 0 Å². The topological polar surface area (TPSA) is 74.6 Å². The molecule has 0 aliphatic heterocycles. The smallest absolute Gasteiger partial charge is 0.161 e. The van der Waals surface area contributed by atoms with Crippen LogP contribution in [-0.4, -0.2) is 23.1 Å². The maximum atomic E-state index is 9.15. The van der Waals surface area contributed by atoms with E-state index < -0.39 is 16.1 Å². The fourth-order valence-corrected chi connectivity index (χ4v) is 0.385. The van der Waals surface area contributed by atoms with E-state index >= 15 is 0 Å². The summed E-state index contributed by atoms with van der Waals surface area (Å²) < 4.78 is 18.3. The van der Waals surface area contributed by atoms with Gasteiger partial charge in [-0.05, 0) is 9.13 Å². The van der Waals surface area contributed by atoms with Crippen LogP contribution >= 0.6 is 16.1 Å². The van der Waals surface area contributed by atoms with Crippen LogP contribution in [0.4, 0.5) is 0 Å². The van der Waals surface area contributed by atoms with E-state index in [0.717, 1.165) is 0 Å². The molecule has 0 aliphatic rings. The molecule has 4 nitrogen and oxygen atoms in total. The molecular weight excluding hydrogens is 287 g/mol. The Morgan fingerprint density at radius 2 is 0.800 bits per heavy atom. The Hall–Kier alpha value is -0.0366. The predicted octanol–water partition coefficient (Wildman–Crippen LogP) is 2.39. The third-order valence-electron chi connectivity index (χ3n) is 0.667. The summed E-state index contributed by atoms with van der Waals surface area (Å²) in [6.07, 6.45) is 0. The van der Waals surface area contributed by atoms with Crippen molar-refractivity contribution in [1.82, 2.24) is 0 Å². The fourth-order valence-electron chi connectivity index (χ4n) is 0.385. The third-order valence-corrected chi connectivity index (χ3v) is 0.667. The molecule has 0 aliphatic carbocycles. The van der Waals surface area contributed by atoms with Gasteiger partial charge in [0.2, 0.25) is 0 Å². The number of hydrogen-bond donors (Lipinski definition) is 2. The molecule has 0 fully saturated rings. The molecule has 0 spiro atoms. The quantitative estimate of drug-likeness (QED) is 0.570. The molecule has 0 aromatic heterocycles. The number of hydrogen-bond acceptors (Lipinski definition) is 2. The van der Waals surface area contributed by atoms with Gasteiger partial charge in [0.1, 0.15) is 0 Å². The van der Waals surface area contributed by atoms with Crippen LogP contribution in [0.2, 0.25) is 0 Å². The second kappa shape index (κ2) is 16.4. The largest absolute Gasteiger partial charge is 0.502 e. The molecule has 0 bridgehead atoms. The molecule has 0 heterocycles. The minimum absolute atomic E-state index is 0. The molecule has 0 radical (unpaired) electrons. The summed E-state index contributed by atoms with van der Waals surface area (Å²) in [6, 6.07) is 12.0. The monoisotopic (exact) mass is 300 g/mol. The second-order valence-electron chi connectivity index (χ2n) is 2.08. The second-order valence-corrected chi connectivity index (χ2v) is 3.94. The zero-order valence-corrected chi connectivity index (χ0v) is 13.5. The molecule has 0 saturated heterocycles. The van der Waals surface area contributed by atoms with E-state index in [9.17, 15) is 0 Å². The molecule has 15 heavy (non-hydrogen) atoms. The Kier molecular flexibility index (Phi) is 22.3. The van der Waals surface area contributed by atoms with Crippen molar-refractivity contribution in [2.75, 3.05) is 13.3 Å². The Morgan fingerprint density at radius 3 is 0.867 bits per heavy atom. The van der Waals surface area contributed by atoms with Crippen molar-refractivity contribution < 1.29 is 38.4 Å². The maximum absolute atomic E-state index is 9.15. The first kappa shape index (κ1) is 20.4. The van der Waals surface area contributed by atoms with Crippen LogP contribution in [0, 0.1) is 0 Å². The molecule has 1 rings (SSSR count). The van der Waals surface area contributed by atoms with Crippen LogP contribution in [0.25, 0.3) is 0 Å². The van der Waals surface area contributed by atoms with Crippen LogP contribution in [0.5, 0.6) is 0 Å². The Labute approximate surface area is 104 Å². The van der Waals surface area contributed by atoms with Crippen LogP contribution in [-0.2, 0) is 28.6 Å². The minimum Gasteiger partial charge on any atom is -0.161 e. The molecule has 0 amide bonds. The summed E-state index contributed by atoms with van der Waals surface area (Å²) in [5.74, 6) is 0. The number of rotatable bonds is 0. The molecule has 1 aromatic rings. The van der Waals surface area contributed by atoms with Crippen molar-refractivity contribution in [3.05, 3.63) is 36.4 Å². The van der Waals surface area contributed by atoms with Crippen molar-refractivity contribution in [2.45, 2.75) is 0 Å². The summed E-state index contributed by atoms with van der Waals surface area (Å²) in [4.78, 5) is 15.1. The van der Waals surface area contributed by atoms with Crippen LogP contribution in [0.3, 0.4) is 0 Å². The Bertz CT molecular complexity index is 209. The normalized spacial score (nSPS) is 9.07. The van der Waals surface area contributed by atoms with Gasteiger partial charge in [-0.2, -0.15) is 9.79 Å². The van der Waals surface area contributed by atoms with E-state index in [2.05, 4.69) is 0 Å². The predicted molar refractivity (Wildman–Crippen MR) is 57.9 cm³/mol. The van der Waals surface area contributed by atoms with E-state index in [1.807, 2.05) is 36.4 Å². The summed E-state index contributed by atoms with van der Waals surface area (Å²) >= 11 is 0. The van der Waals surface area contributed by atoms with Gasteiger partial charge < -0.3 is 0 Å². The van der Waals surface area contributed by atoms with Crippen LogP contribution < -0.4 is 0 Å². The van der Waals surface area contributed by atoms with Gasteiger partial charge in [0, 0.05) is 19.5 Å². The summed E-state index contributed by atoms with van der Waals surface area (Å²) in [7, 11) is -3.74. The van der Waals surface area contributed by atoms with Gasteiger partial charge in [0.15, 0.2) is 13.3 Å². The van der Waals surface area contributed by atoms with Gasteiger partial charge in [-0.3, -0.25) is 0 Å². The van der Waals surface area contributed by atoms with E-state index in [-0.39, 0.29) is 19.5 Å². The van der Waals surface area contributed by atoms with E-state index in [4.69, 9.17) is 18.9 Å². The number of benzene rings is 1. The van der Waals surface area contributed by atoms with Gasteiger partial charge in [-0.25, -0.2) is 0 Å². The summed E-state index contributed by atoms with van der Waals surface area (Å²) in [5.41, 5.74) is 0. The first-order valence-electron chi connectivity index (χ1n) is 3.66. The molecular formula is C8H14O4P2Zn+2. The Morgan fingerprint density at radius 1 is 0.733 bits per heavy atom. The molecule has 7 heteroatoms. The fraction of sp³-hybridized carbons (Fsp3) is 0.250. The molecule has 2 unspecified atom stereocenters. The van der Waals surface area contributed by atoms with Crippen LogP contribution in [0.1, 0.15) is 0 Å². The SMILES string of the molecule is C[P+](=O)O.C[P+](=O)O.[Zn].c1ccccc1. The third kappa shape index (κ3) is 56.2. The van der Waals surface area contributed by atoms with E-state index in [1.165, 1.54) is 13.3 Å². The van der Waals surface area contributed by atoms with Crippen molar-refractivity contribution in [3.63, 3.8) is 0 Å². The van der Waals surface area contributed by atoms with Crippen molar-refractivity contribution in [1.29, 1.82) is 0 Å². The zero-order chi connectivity index (χ0) is 11.4. The van der Waals surface area contributed by atoms with E-state index in [1.54, 1.807) is 0 Å². The zero-order valence-electron chi connectivity index (χ0n) is 8.78. The van der Waals surface area contributed by atoms with Crippen molar-refractivity contribution >= 4 is 16.1 Å². The van der Waals surface area contributed by atoms with Gasteiger partial charge in [0.25, 0.3) is 0 Å². The van der Waals surface area contributed by atoms with Crippen molar-refractivity contribution in [3.8, 4) is 0 Å². The first-order chi connectivity index (χ1) is 6.46. The van der Waals surface area contributed by atoms with Gasteiger partial charge >= 0.3 is 16.1 Å². The van der Waals surface area contributed by atoms with E-state index in [0.29, 0.717) is 0 Å². The van der Waals surface area contributed by atoms with Crippen LogP contribution in [0.15, 0.2) is 36.4 Å². The average Bonchev–Trinajstić information content (AvgIpc) is 2.05. The minimum atomic E-state index is -1.87. The molecule has 2 N–H and O–H groups in total. The summed E-state index contributed by atoms with van der Waals surface area (Å²) in [6.45, 7) is 2.46. The molecule has 0 saturated carbocycles. The standard InChI is InChI=1S/C6H6.2CH3O2P.Zn/c1-2-4-6-5-3-1;2*1-4(2)3;/h1-6H;2*1H3;/p+2. The van der Waals surface area contributed by atoms with Gasteiger partial charge in [-0.1, -0.05) is 36.4 Å². The van der Waals surface area contributed by atoms with Gasteiger partial charge in [-0.15, -0.1) is 0 Å². The average molecular weight is 302 g/mol. The summed E-state index contributed by atoms with van der Waals surface area (Å²) in [5, 5.41) is 0. The Balaban J connectivity index is -0.000000145. The van der Waals surface area contributed by atoms with Crippen molar-refractivity contribution in [2.24, 2.45) is 0 Å². The maximum Gasteiger partial charge on any atom is 0.502 e. The molecule has 1 aromatic carbocycles. The molecule has 2 atom stereocenters.